The molecule has 110 valence electrons. The summed E-state index contributed by atoms with van der Waals surface area (Å²) in [5.41, 5.74) is 0. The van der Waals surface area contributed by atoms with Crippen molar-refractivity contribution in [2.45, 2.75) is 32.6 Å². The maximum absolute atomic E-state index is 9.87. The molecule has 0 fully saturated rings. The zero-order valence-corrected chi connectivity index (χ0v) is 11.2. The Morgan fingerprint density at radius 3 is 1.67 bits per heavy atom. The number of carbonyl (C=O) groups is 1. The van der Waals surface area contributed by atoms with Crippen molar-refractivity contribution in [3.05, 3.63) is 0 Å². The van der Waals surface area contributed by atoms with Crippen LogP contribution in [0.1, 0.15) is 32.6 Å². The van der Waals surface area contributed by atoms with Gasteiger partial charge in [0.15, 0.2) is 0 Å². The molecule has 4 N–H and O–H groups in total. The third kappa shape index (κ3) is 17.7. The van der Waals surface area contributed by atoms with Crippen LogP contribution in [0.5, 0.6) is 0 Å². The Morgan fingerprint density at radius 1 is 0.944 bits per heavy atom. The molecule has 0 saturated heterocycles. The van der Waals surface area contributed by atoms with E-state index in [9.17, 15) is 4.79 Å². The van der Waals surface area contributed by atoms with Crippen molar-refractivity contribution in [2.24, 2.45) is 0 Å². The summed E-state index contributed by atoms with van der Waals surface area (Å²) in [5, 5.41) is 33.6. The predicted molar refractivity (Wildman–Crippen MR) is 69.5 cm³/mol. The van der Waals surface area contributed by atoms with Gasteiger partial charge in [-0.2, -0.15) is 0 Å². The molecule has 0 rings (SSSR count). The summed E-state index contributed by atoms with van der Waals surface area (Å²) in [4.78, 5) is 11.7. The van der Waals surface area contributed by atoms with Crippen LogP contribution in [-0.2, 0) is 4.79 Å². The normalized spacial score (nSPS) is 10.1. The van der Waals surface area contributed by atoms with Gasteiger partial charge in [-0.3, -0.25) is 9.69 Å². The summed E-state index contributed by atoms with van der Waals surface area (Å²) in [6.45, 7) is 3.81. The van der Waals surface area contributed by atoms with E-state index in [2.05, 4.69) is 6.92 Å². The molecule has 0 aliphatic carbocycles. The fourth-order valence-electron chi connectivity index (χ4n) is 1.29. The van der Waals surface area contributed by atoms with Gasteiger partial charge in [-0.05, 0) is 6.42 Å². The highest BCUT2D eigenvalue weighted by Crippen LogP contribution is 1.97. The first-order valence-electron chi connectivity index (χ1n) is 6.39. The molecule has 0 bridgehead atoms. The van der Waals surface area contributed by atoms with Crippen LogP contribution in [0, 0.1) is 0 Å². The van der Waals surface area contributed by atoms with Crippen LogP contribution in [0.4, 0.5) is 0 Å². The van der Waals surface area contributed by atoms with E-state index in [0.717, 1.165) is 19.3 Å². The second kappa shape index (κ2) is 16.3. The lowest BCUT2D eigenvalue weighted by Crippen LogP contribution is -2.32. The molecule has 6 nitrogen and oxygen atoms in total. The van der Waals surface area contributed by atoms with Crippen molar-refractivity contribution >= 4 is 5.97 Å². The maximum Gasteiger partial charge on any atom is 0.303 e. The van der Waals surface area contributed by atoms with E-state index in [1.54, 1.807) is 4.90 Å². The topological polar surface area (TPSA) is 101 Å². The molecule has 0 aliphatic heterocycles. The zero-order valence-electron chi connectivity index (χ0n) is 11.2. The Morgan fingerprint density at radius 2 is 1.39 bits per heavy atom. The number of rotatable bonds is 10. The van der Waals surface area contributed by atoms with Gasteiger partial charge in [-0.1, -0.05) is 19.8 Å². The van der Waals surface area contributed by atoms with E-state index in [-0.39, 0.29) is 19.8 Å². The van der Waals surface area contributed by atoms with E-state index < -0.39 is 5.97 Å². The van der Waals surface area contributed by atoms with E-state index in [4.69, 9.17) is 20.4 Å². The van der Waals surface area contributed by atoms with Crippen molar-refractivity contribution in [1.29, 1.82) is 0 Å². The molecule has 0 heterocycles. The average molecular weight is 265 g/mol. The Hall–Kier alpha value is -0.690. The van der Waals surface area contributed by atoms with E-state index in [1.165, 1.54) is 0 Å². The van der Waals surface area contributed by atoms with Gasteiger partial charge in [0.05, 0.1) is 19.8 Å². The molecule has 0 saturated carbocycles. The van der Waals surface area contributed by atoms with Crippen LogP contribution in [0.3, 0.4) is 0 Å². The largest absolute Gasteiger partial charge is 0.481 e. The number of carboxylic acids is 1. The standard InChI is InChI=1S/C6H15NO3.C6H12O2/c8-4-1-7(2-5-9)3-6-10;1-2-3-4-5-6(7)8/h8-10H,1-6H2;2-5H2,1H3,(H,7,8). The number of nitrogens with zero attached hydrogens (tertiary/aromatic N) is 1. The quantitative estimate of drug-likeness (QED) is 0.412. The van der Waals surface area contributed by atoms with Crippen LogP contribution >= 0.6 is 0 Å². The van der Waals surface area contributed by atoms with Gasteiger partial charge in [-0.15, -0.1) is 0 Å². The second-order valence-electron chi connectivity index (χ2n) is 3.86. The predicted octanol–water partition coefficient (Wildman–Crippen LogP) is -0.0834. The number of unbranched alkanes of at least 4 members (excludes halogenated alkanes) is 2. The van der Waals surface area contributed by atoms with E-state index >= 15 is 0 Å². The fraction of sp³-hybridized carbons (Fsp3) is 0.917. The summed E-state index contributed by atoms with van der Waals surface area (Å²) in [6.07, 6.45) is 3.28. The highest BCUT2D eigenvalue weighted by molar-refractivity contribution is 5.66. The molecule has 0 aromatic heterocycles. The van der Waals surface area contributed by atoms with Gasteiger partial charge in [0.2, 0.25) is 0 Å². The number of hydrogen-bond acceptors (Lipinski definition) is 5. The van der Waals surface area contributed by atoms with Crippen LogP contribution in [0.15, 0.2) is 0 Å². The summed E-state index contributed by atoms with van der Waals surface area (Å²) in [6, 6.07) is 0. The monoisotopic (exact) mass is 265 g/mol. The number of hydrogen-bond donors (Lipinski definition) is 4. The van der Waals surface area contributed by atoms with E-state index in [0.29, 0.717) is 26.1 Å². The summed E-state index contributed by atoms with van der Waals surface area (Å²) in [5.74, 6) is -0.682. The third-order valence-electron chi connectivity index (χ3n) is 2.24. The van der Waals surface area contributed by atoms with Gasteiger partial charge in [-0.25, -0.2) is 0 Å². The lowest BCUT2D eigenvalue weighted by molar-refractivity contribution is -0.137. The molecule has 0 aliphatic rings. The number of aliphatic hydroxyl groups is 3. The summed E-state index contributed by atoms with van der Waals surface area (Å²) in [7, 11) is 0. The molecule has 0 unspecified atom stereocenters. The first-order valence-corrected chi connectivity index (χ1v) is 6.39. The smallest absolute Gasteiger partial charge is 0.303 e. The van der Waals surface area contributed by atoms with Crippen molar-refractivity contribution in [1.82, 2.24) is 4.90 Å². The molecule has 0 amide bonds. The van der Waals surface area contributed by atoms with Crippen LogP contribution in [0.25, 0.3) is 0 Å². The minimum Gasteiger partial charge on any atom is -0.481 e. The lowest BCUT2D eigenvalue weighted by atomic mass is 10.2. The van der Waals surface area contributed by atoms with Gasteiger partial charge in [0.25, 0.3) is 0 Å². The molecule has 0 atom stereocenters. The Balaban J connectivity index is 0. The SMILES string of the molecule is CCCCCC(=O)O.OCCN(CCO)CCO. The lowest BCUT2D eigenvalue weighted by Gasteiger charge is -2.17. The Kier molecular flexibility index (Phi) is 17.8. The molecule has 6 heteroatoms. The highest BCUT2D eigenvalue weighted by Gasteiger charge is 2.00. The molecule has 0 aromatic carbocycles. The maximum atomic E-state index is 9.87. The molecular weight excluding hydrogens is 238 g/mol. The fourth-order valence-corrected chi connectivity index (χ4v) is 1.29. The van der Waals surface area contributed by atoms with Crippen molar-refractivity contribution in [2.75, 3.05) is 39.5 Å². The van der Waals surface area contributed by atoms with Gasteiger partial charge in [0, 0.05) is 26.1 Å². The number of carboxylic acid groups (broad SMARTS) is 1. The van der Waals surface area contributed by atoms with Gasteiger partial charge < -0.3 is 20.4 Å². The Bertz CT molecular complexity index is 164. The summed E-state index contributed by atoms with van der Waals surface area (Å²) >= 11 is 0. The van der Waals surface area contributed by atoms with Gasteiger partial charge in [0.1, 0.15) is 0 Å². The molecule has 0 aromatic rings. The first-order chi connectivity index (χ1) is 8.62. The van der Waals surface area contributed by atoms with Crippen molar-refractivity contribution in [3.8, 4) is 0 Å². The second-order valence-corrected chi connectivity index (χ2v) is 3.86. The van der Waals surface area contributed by atoms with Crippen LogP contribution < -0.4 is 0 Å². The summed E-state index contributed by atoms with van der Waals surface area (Å²) < 4.78 is 0. The molecular formula is C12H27NO5. The van der Waals surface area contributed by atoms with Crippen LogP contribution in [-0.4, -0.2) is 70.8 Å². The Labute approximate surface area is 109 Å². The minimum atomic E-state index is -0.682. The molecule has 0 spiro atoms. The van der Waals surface area contributed by atoms with Crippen molar-refractivity contribution in [3.63, 3.8) is 0 Å². The number of aliphatic hydroxyl groups excluding tert-OH is 3. The van der Waals surface area contributed by atoms with Crippen LogP contribution in [0.2, 0.25) is 0 Å². The van der Waals surface area contributed by atoms with E-state index in [1.807, 2.05) is 0 Å². The molecule has 18 heavy (non-hydrogen) atoms. The minimum absolute atomic E-state index is 0.0694. The van der Waals surface area contributed by atoms with Gasteiger partial charge >= 0.3 is 5.97 Å². The zero-order chi connectivity index (χ0) is 14.2. The highest BCUT2D eigenvalue weighted by atomic mass is 16.4. The third-order valence-corrected chi connectivity index (χ3v) is 2.24. The number of aliphatic carboxylic acids is 1. The average Bonchev–Trinajstić information content (AvgIpc) is 2.31. The van der Waals surface area contributed by atoms with Crippen molar-refractivity contribution < 1.29 is 25.2 Å². The first kappa shape index (κ1) is 19.6. The molecule has 0 radical (unpaired) electrons.